The summed E-state index contributed by atoms with van der Waals surface area (Å²) >= 11 is 0. The number of hydrogen-bond donors (Lipinski definition) is 0. The Hall–Kier alpha value is -1.70. The highest BCUT2D eigenvalue weighted by Crippen LogP contribution is 2.53. The Morgan fingerprint density at radius 2 is 0.909 bits per heavy atom. The Morgan fingerprint density at radius 1 is 0.545 bits per heavy atom. The summed E-state index contributed by atoms with van der Waals surface area (Å²) in [6, 6.07) is 11.6. The number of pyridine rings is 2. The molecular weight excluding hydrogens is 268 g/mol. The molecule has 4 aliphatic carbocycles. The number of nitrogens with zero attached hydrogens (tertiary/aromatic N) is 2. The van der Waals surface area contributed by atoms with Gasteiger partial charge in [-0.3, -0.25) is 9.97 Å². The van der Waals surface area contributed by atoms with E-state index in [1.54, 1.807) is 50.9 Å². The summed E-state index contributed by atoms with van der Waals surface area (Å²) in [4.78, 5) is 8.37. The van der Waals surface area contributed by atoms with Gasteiger partial charge in [0.2, 0.25) is 0 Å². The van der Waals surface area contributed by atoms with Crippen molar-refractivity contribution >= 4 is 0 Å². The molecule has 114 valence electrons. The first kappa shape index (κ1) is 13.9. The zero-order chi connectivity index (χ0) is 14.8. The normalized spacial score (nSPS) is 31.5. The van der Waals surface area contributed by atoms with Crippen LogP contribution in [0, 0.1) is 23.7 Å². The summed E-state index contributed by atoms with van der Waals surface area (Å²) in [5.41, 5.74) is 1.83. The monoisotopic (exact) mass is 292 g/mol. The van der Waals surface area contributed by atoms with Crippen LogP contribution in [-0.2, 0) is 0 Å². The van der Waals surface area contributed by atoms with E-state index in [1.165, 1.54) is 23.7 Å². The Balaban J connectivity index is 0.000000115. The summed E-state index contributed by atoms with van der Waals surface area (Å²) in [6.07, 6.45) is 13.2. The standard InChI is InChI=1S/C10H8N2.C10H16/c1-3-7-11-9(5-1)10-6-2-4-8-12-10;1-7-2-9-4-8(1)5-10(3-7)6-9/h1-8H;7-10H,1-6H2. The number of hydrogen-bond acceptors (Lipinski definition) is 2. The lowest BCUT2D eigenvalue weighted by molar-refractivity contribution is 0.0198. The van der Waals surface area contributed by atoms with E-state index in [0.717, 1.165) is 11.4 Å². The van der Waals surface area contributed by atoms with Gasteiger partial charge in [0.25, 0.3) is 0 Å². The molecule has 4 aliphatic rings. The second kappa shape index (κ2) is 6.20. The maximum absolute atomic E-state index is 4.19. The smallest absolute Gasteiger partial charge is 0.0886 e. The highest BCUT2D eigenvalue weighted by Gasteiger charge is 2.41. The van der Waals surface area contributed by atoms with E-state index in [-0.39, 0.29) is 0 Å². The second-order valence-electron chi connectivity index (χ2n) is 7.31. The fourth-order valence-corrected chi connectivity index (χ4v) is 5.01. The largest absolute Gasteiger partial charge is 0.255 e. The molecule has 4 bridgehead atoms. The van der Waals surface area contributed by atoms with E-state index < -0.39 is 0 Å². The predicted molar refractivity (Wildman–Crippen MR) is 89.1 cm³/mol. The summed E-state index contributed by atoms with van der Waals surface area (Å²) in [6.45, 7) is 0. The maximum atomic E-state index is 4.19. The fourth-order valence-electron chi connectivity index (χ4n) is 5.01. The van der Waals surface area contributed by atoms with Gasteiger partial charge < -0.3 is 0 Å². The van der Waals surface area contributed by atoms with Crippen LogP contribution in [0.5, 0.6) is 0 Å². The van der Waals surface area contributed by atoms with E-state index in [0.29, 0.717) is 0 Å². The van der Waals surface area contributed by atoms with Crippen molar-refractivity contribution in [2.75, 3.05) is 0 Å². The molecule has 0 N–H and O–H groups in total. The van der Waals surface area contributed by atoms with Crippen LogP contribution in [0.3, 0.4) is 0 Å². The highest BCUT2D eigenvalue weighted by atomic mass is 14.7. The molecular formula is C20H24N2. The van der Waals surface area contributed by atoms with Gasteiger partial charge in [-0.2, -0.15) is 0 Å². The molecule has 0 atom stereocenters. The molecule has 2 heterocycles. The highest BCUT2D eigenvalue weighted by molar-refractivity contribution is 5.52. The Morgan fingerprint density at radius 3 is 1.18 bits per heavy atom. The molecule has 6 rings (SSSR count). The minimum absolute atomic E-state index is 0.915. The van der Waals surface area contributed by atoms with Gasteiger partial charge in [-0.15, -0.1) is 0 Å². The lowest BCUT2D eigenvalue weighted by atomic mass is 9.56. The van der Waals surface area contributed by atoms with Crippen molar-refractivity contribution in [2.45, 2.75) is 38.5 Å². The van der Waals surface area contributed by atoms with Gasteiger partial charge in [-0.25, -0.2) is 0 Å². The van der Waals surface area contributed by atoms with Gasteiger partial charge in [0.1, 0.15) is 0 Å². The number of aromatic nitrogens is 2. The van der Waals surface area contributed by atoms with Gasteiger partial charge in [0.05, 0.1) is 11.4 Å². The molecule has 0 radical (unpaired) electrons. The average molecular weight is 292 g/mol. The first-order valence-electron chi connectivity index (χ1n) is 8.69. The zero-order valence-electron chi connectivity index (χ0n) is 13.1. The van der Waals surface area contributed by atoms with E-state index in [1.807, 2.05) is 36.4 Å². The molecule has 2 heteroatoms. The third kappa shape index (κ3) is 3.06. The van der Waals surface area contributed by atoms with Gasteiger partial charge in [0.15, 0.2) is 0 Å². The Labute approximate surface area is 133 Å². The van der Waals surface area contributed by atoms with E-state index in [9.17, 15) is 0 Å². The van der Waals surface area contributed by atoms with Gasteiger partial charge >= 0.3 is 0 Å². The molecule has 4 saturated carbocycles. The van der Waals surface area contributed by atoms with Crippen molar-refractivity contribution in [3.63, 3.8) is 0 Å². The van der Waals surface area contributed by atoms with Crippen LogP contribution in [0.2, 0.25) is 0 Å². The molecule has 0 unspecified atom stereocenters. The van der Waals surface area contributed by atoms with Gasteiger partial charge in [0, 0.05) is 12.4 Å². The van der Waals surface area contributed by atoms with Crippen molar-refractivity contribution in [2.24, 2.45) is 23.7 Å². The zero-order valence-corrected chi connectivity index (χ0v) is 13.1. The molecule has 2 nitrogen and oxygen atoms in total. The van der Waals surface area contributed by atoms with Crippen molar-refractivity contribution in [1.82, 2.24) is 9.97 Å². The molecule has 2 aromatic rings. The van der Waals surface area contributed by atoms with Crippen molar-refractivity contribution < 1.29 is 0 Å². The lowest BCUT2D eigenvalue weighted by Gasteiger charge is -2.49. The SMILES string of the molecule is C1C2CC3CC1CC(C2)C3.c1ccc(-c2ccccn2)nc1. The van der Waals surface area contributed by atoms with E-state index in [4.69, 9.17) is 0 Å². The third-order valence-electron chi connectivity index (χ3n) is 5.59. The third-order valence-corrected chi connectivity index (χ3v) is 5.59. The van der Waals surface area contributed by atoms with Crippen LogP contribution in [0.25, 0.3) is 11.4 Å². The maximum Gasteiger partial charge on any atom is 0.0886 e. The topological polar surface area (TPSA) is 25.8 Å². The van der Waals surface area contributed by atoms with Crippen LogP contribution in [0.15, 0.2) is 48.8 Å². The predicted octanol–water partition coefficient (Wildman–Crippen LogP) is 4.98. The molecule has 4 fully saturated rings. The molecule has 0 saturated heterocycles. The lowest BCUT2D eigenvalue weighted by Crippen LogP contribution is -2.38. The minimum atomic E-state index is 0.915. The number of rotatable bonds is 1. The Kier molecular flexibility index (Phi) is 3.92. The fraction of sp³-hybridized carbons (Fsp3) is 0.500. The van der Waals surface area contributed by atoms with Crippen LogP contribution >= 0.6 is 0 Å². The van der Waals surface area contributed by atoms with Gasteiger partial charge in [-0.05, 0) is 86.5 Å². The molecule has 0 aromatic carbocycles. The van der Waals surface area contributed by atoms with Gasteiger partial charge in [-0.1, -0.05) is 12.1 Å². The first-order chi connectivity index (χ1) is 10.9. The molecule has 0 spiro atoms. The van der Waals surface area contributed by atoms with E-state index in [2.05, 4.69) is 9.97 Å². The summed E-state index contributed by atoms with van der Waals surface area (Å²) in [5.74, 6) is 4.71. The summed E-state index contributed by atoms with van der Waals surface area (Å²) in [5, 5.41) is 0. The first-order valence-corrected chi connectivity index (χ1v) is 8.69. The summed E-state index contributed by atoms with van der Waals surface area (Å²) < 4.78 is 0. The van der Waals surface area contributed by atoms with Crippen LogP contribution in [0.4, 0.5) is 0 Å². The Bertz CT molecular complexity index is 500. The quantitative estimate of drug-likeness (QED) is 0.741. The molecule has 22 heavy (non-hydrogen) atoms. The molecule has 0 aliphatic heterocycles. The average Bonchev–Trinajstić information content (AvgIpc) is 2.56. The van der Waals surface area contributed by atoms with Crippen LogP contribution < -0.4 is 0 Å². The second-order valence-corrected chi connectivity index (χ2v) is 7.31. The van der Waals surface area contributed by atoms with Crippen molar-refractivity contribution in [1.29, 1.82) is 0 Å². The molecule has 2 aromatic heterocycles. The van der Waals surface area contributed by atoms with Crippen molar-refractivity contribution in [3.8, 4) is 11.4 Å². The summed E-state index contributed by atoms with van der Waals surface area (Å²) in [7, 11) is 0. The van der Waals surface area contributed by atoms with Crippen LogP contribution in [0.1, 0.15) is 38.5 Å². The minimum Gasteiger partial charge on any atom is -0.255 e. The van der Waals surface area contributed by atoms with Crippen LogP contribution in [-0.4, -0.2) is 9.97 Å². The van der Waals surface area contributed by atoms with Crippen molar-refractivity contribution in [3.05, 3.63) is 48.8 Å². The molecule has 0 amide bonds. The van der Waals surface area contributed by atoms with E-state index >= 15 is 0 Å².